The van der Waals surface area contributed by atoms with Crippen LogP contribution in [0.25, 0.3) is 0 Å². The molecule has 0 bridgehead atoms. The number of rotatable bonds is 2. The van der Waals surface area contributed by atoms with E-state index in [4.69, 9.17) is 0 Å². The Balaban J connectivity index is 2.19. The third-order valence-electron chi connectivity index (χ3n) is 2.63. The van der Waals surface area contributed by atoms with Gasteiger partial charge in [-0.2, -0.15) is 0 Å². The molecule has 2 atom stereocenters. The molecular weight excluding hydrogens is 187 g/mol. The Morgan fingerprint density at radius 1 is 1.77 bits per heavy atom. The summed E-state index contributed by atoms with van der Waals surface area (Å²) in [5.74, 6) is 0. The normalized spacial score (nSPS) is 27.4. The summed E-state index contributed by atoms with van der Waals surface area (Å²) in [5.41, 5.74) is -1.25. The lowest BCUT2D eigenvalue weighted by atomic mass is 9.95. The van der Waals surface area contributed by atoms with Gasteiger partial charge in [-0.3, -0.25) is 0 Å². The quantitative estimate of drug-likeness (QED) is 0.790. The molecule has 1 aromatic heterocycles. The number of nitrogens with zero attached hydrogens (tertiary/aromatic N) is 1. The monoisotopic (exact) mass is 200 g/mol. The lowest BCUT2D eigenvalue weighted by Crippen LogP contribution is -2.38. The summed E-state index contributed by atoms with van der Waals surface area (Å²) in [5, 5.41) is 3.19. The molecule has 2 nitrogen and oxygen atoms in total. The van der Waals surface area contributed by atoms with Crippen LogP contribution in [0, 0.1) is 0 Å². The summed E-state index contributed by atoms with van der Waals surface area (Å²) in [6, 6.07) is 1.73. The van der Waals surface area contributed by atoms with Crippen molar-refractivity contribution in [1.29, 1.82) is 0 Å². The van der Waals surface area contributed by atoms with Crippen LogP contribution in [0.1, 0.15) is 24.6 Å². The van der Waals surface area contributed by atoms with Gasteiger partial charge in [0, 0.05) is 12.2 Å². The minimum absolute atomic E-state index is 0.0343. The first-order valence-electron chi connectivity index (χ1n) is 4.55. The summed E-state index contributed by atoms with van der Waals surface area (Å²) < 4.78 is 18.2. The number of halogens is 1. The van der Waals surface area contributed by atoms with Crippen LogP contribution in [0.5, 0.6) is 0 Å². The number of nitrogens with one attached hydrogen (secondary N) is 1. The first-order valence-corrected chi connectivity index (χ1v) is 5.32. The lowest BCUT2D eigenvalue weighted by molar-refractivity contribution is 0.141. The van der Waals surface area contributed by atoms with Crippen molar-refractivity contribution in [3.63, 3.8) is 0 Å². The van der Waals surface area contributed by atoms with Gasteiger partial charge in [-0.1, -0.05) is 0 Å². The van der Waals surface area contributed by atoms with E-state index in [1.165, 1.54) is 11.5 Å². The van der Waals surface area contributed by atoms with Crippen LogP contribution in [0.15, 0.2) is 12.3 Å². The molecule has 1 fully saturated rings. The predicted octanol–water partition coefficient (Wildman–Crippen LogP) is 2.08. The maximum atomic E-state index is 14.3. The van der Waals surface area contributed by atoms with Crippen molar-refractivity contribution in [2.45, 2.75) is 31.5 Å². The molecule has 0 spiro atoms. The first kappa shape index (κ1) is 9.09. The fraction of sp³-hybridized carbons (Fsp3) is 0.667. The van der Waals surface area contributed by atoms with Gasteiger partial charge in [0.15, 0.2) is 5.67 Å². The van der Waals surface area contributed by atoms with E-state index < -0.39 is 5.67 Å². The highest BCUT2D eigenvalue weighted by molar-refractivity contribution is 7.05. The topological polar surface area (TPSA) is 24.9 Å². The van der Waals surface area contributed by atoms with Crippen LogP contribution < -0.4 is 5.32 Å². The molecule has 2 heterocycles. The predicted molar refractivity (Wildman–Crippen MR) is 51.6 cm³/mol. The molecule has 72 valence electrons. The number of alkyl halides is 1. The highest BCUT2D eigenvalue weighted by atomic mass is 32.1. The summed E-state index contributed by atoms with van der Waals surface area (Å²) in [7, 11) is 0. The molecule has 13 heavy (non-hydrogen) atoms. The van der Waals surface area contributed by atoms with Crippen molar-refractivity contribution in [3.05, 3.63) is 17.1 Å². The summed E-state index contributed by atoms with van der Waals surface area (Å²) in [4.78, 5) is 0.729. The van der Waals surface area contributed by atoms with Crippen LogP contribution in [-0.2, 0) is 5.67 Å². The van der Waals surface area contributed by atoms with Gasteiger partial charge in [0.1, 0.15) is 0 Å². The molecule has 0 amide bonds. The Morgan fingerprint density at radius 3 is 3.15 bits per heavy atom. The van der Waals surface area contributed by atoms with Gasteiger partial charge in [0.2, 0.25) is 0 Å². The van der Waals surface area contributed by atoms with Gasteiger partial charge < -0.3 is 5.32 Å². The van der Waals surface area contributed by atoms with Gasteiger partial charge in [-0.25, -0.2) is 8.76 Å². The second-order valence-electron chi connectivity index (χ2n) is 3.60. The van der Waals surface area contributed by atoms with Crippen molar-refractivity contribution in [1.82, 2.24) is 9.69 Å². The maximum absolute atomic E-state index is 14.3. The molecule has 4 heteroatoms. The summed E-state index contributed by atoms with van der Waals surface area (Å²) in [6.45, 7) is 2.58. The summed E-state index contributed by atoms with van der Waals surface area (Å²) in [6.07, 6.45) is 3.65. The fourth-order valence-corrected chi connectivity index (χ4v) is 2.46. The molecule has 1 aliphatic rings. The van der Waals surface area contributed by atoms with Gasteiger partial charge in [-0.05, 0) is 43.9 Å². The van der Waals surface area contributed by atoms with Crippen molar-refractivity contribution >= 4 is 11.5 Å². The lowest BCUT2D eigenvalue weighted by Gasteiger charge is -2.25. The Labute approximate surface area is 81.3 Å². The van der Waals surface area contributed by atoms with Gasteiger partial charge in [0.05, 0.1) is 4.88 Å². The molecule has 1 saturated heterocycles. The average Bonchev–Trinajstić information content (AvgIpc) is 2.78. The van der Waals surface area contributed by atoms with E-state index in [0.29, 0.717) is 0 Å². The Morgan fingerprint density at radius 2 is 2.62 bits per heavy atom. The van der Waals surface area contributed by atoms with Crippen LogP contribution >= 0.6 is 11.5 Å². The largest absolute Gasteiger partial charge is 0.311 e. The van der Waals surface area contributed by atoms with E-state index in [0.717, 1.165) is 24.3 Å². The van der Waals surface area contributed by atoms with Crippen LogP contribution in [-0.4, -0.2) is 17.0 Å². The van der Waals surface area contributed by atoms with E-state index >= 15 is 0 Å². The van der Waals surface area contributed by atoms with E-state index in [-0.39, 0.29) is 6.04 Å². The minimum atomic E-state index is -1.25. The maximum Gasteiger partial charge on any atom is 0.158 e. The van der Waals surface area contributed by atoms with Crippen LogP contribution in [0.4, 0.5) is 4.39 Å². The van der Waals surface area contributed by atoms with Gasteiger partial charge in [0.25, 0.3) is 0 Å². The van der Waals surface area contributed by atoms with Gasteiger partial charge >= 0.3 is 0 Å². The highest BCUT2D eigenvalue weighted by Gasteiger charge is 2.38. The third-order valence-corrected chi connectivity index (χ3v) is 3.59. The SMILES string of the molecule is CC(F)(c1ccns1)C1CCCN1. The number of hydrogen-bond donors (Lipinski definition) is 1. The molecule has 0 aliphatic carbocycles. The number of hydrogen-bond acceptors (Lipinski definition) is 3. The molecule has 0 aromatic carbocycles. The van der Waals surface area contributed by atoms with Crippen molar-refractivity contribution in [2.24, 2.45) is 0 Å². The standard InChI is InChI=1S/C9H13FN2S/c1-9(10,7-3-2-5-11-7)8-4-6-12-13-8/h4,6-7,11H,2-3,5H2,1H3. The second kappa shape index (κ2) is 3.35. The van der Waals surface area contributed by atoms with Crippen LogP contribution in [0.2, 0.25) is 0 Å². The Kier molecular flexibility index (Phi) is 2.34. The molecule has 2 unspecified atom stereocenters. The van der Waals surface area contributed by atoms with Crippen molar-refractivity contribution < 1.29 is 4.39 Å². The van der Waals surface area contributed by atoms with Crippen LogP contribution in [0.3, 0.4) is 0 Å². The second-order valence-corrected chi connectivity index (χ2v) is 4.43. The Hall–Kier alpha value is -0.480. The first-order chi connectivity index (χ1) is 6.21. The van der Waals surface area contributed by atoms with Crippen molar-refractivity contribution in [3.8, 4) is 0 Å². The van der Waals surface area contributed by atoms with E-state index in [1.54, 1.807) is 19.2 Å². The molecule has 0 radical (unpaired) electrons. The molecule has 0 saturated carbocycles. The minimum Gasteiger partial charge on any atom is -0.311 e. The highest BCUT2D eigenvalue weighted by Crippen LogP contribution is 2.35. The molecule has 1 N–H and O–H groups in total. The smallest absolute Gasteiger partial charge is 0.158 e. The average molecular weight is 200 g/mol. The fourth-order valence-electron chi connectivity index (χ4n) is 1.79. The third kappa shape index (κ3) is 1.60. The number of aromatic nitrogens is 1. The van der Waals surface area contributed by atoms with E-state index in [9.17, 15) is 4.39 Å². The van der Waals surface area contributed by atoms with Gasteiger partial charge in [-0.15, -0.1) is 0 Å². The van der Waals surface area contributed by atoms with E-state index in [1.807, 2.05) is 0 Å². The van der Waals surface area contributed by atoms with Crippen molar-refractivity contribution in [2.75, 3.05) is 6.54 Å². The molecule has 1 aliphatic heterocycles. The zero-order chi connectivity index (χ0) is 9.31. The van der Waals surface area contributed by atoms with E-state index in [2.05, 4.69) is 9.69 Å². The molecule has 1 aromatic rings. The zero-order valence-corrected chi connectivity index (χ0v) is 8.40. The molecular formula is C9H13FN2S. The zero-order valence-electron chi connectivity index (χ0n) is 7.59. The Bertz CT molecular complexity index is 265. The molecule has 2 rings (SSSR count). The summed E-state index contributed by atoms with van der Waals surface area (Å²) >= 11 is 1.25.